The van der Waals surface area contributed by atoms with Crippen LogP contribution in [0.1, 0.15) is 34.5 Å². The molecule has 0 atom stereocenters. The largest absolute Gasteiger partial charge is 0.360 e. The van der Waals surface area contributed by atoms with Gasteiger partial charge in [-0.3, -0.25) is 14.4 Å². The molecule has 1 heterocycles. The molecule has 0 aliphatic heterocycles. The number of nitrogens with one attached hydrogen (secondary N) is 2. The molecule has 0 bridgehead atoms. The summed E-state index contributed by atoms with van der Waals surface area (Å²) in [5, 5.41) is 9.15. The molecule has 1 saturated carbocycles. The van der Waals surface area contributed by atoms with Crippen molar-refractivity contribution in [1.29, 1.82) is 0 Å². The first-order chi connectivity index (χ1) is 13.4. The van der Waals surface area contributed by atoms with Gasteiger partial charge < -0.3 is 20.1 Å². The Morgan fingerprint density at radius 3 is 2.57 bits per heavy atom. The molecule has 28 heavy (non-hydrogen) atoms. The molecular formula is C20H22N4O4. The molecule has 0 radical (unpaired) electrons. The van der Waals surface area contributed by atoms with Gasteiger partial charge in [0.05, 0.1) is 6.54 Å². The van der Waals surface area contributed by atoms with Crippen molar-refractivity contribution >= 4 is 29.6 Å². The third-order valence-electron chi connectivity index (χ3n) is 4.16. The molecule has 3 rings (SSSR count). The molecule has 1 aliphatic carbocycles. The van der Waals surface area contributed by atoms with Gasteiger partial charge in [0, 0.05) is 30.8 Å². The topological polar surface area (TPSA) is 105 Å². The number of rotatable bonds is 7. The molecule has 1 aromatic heterocycles. The molecule has 0 saturated heterocycles. The van der Waals surface area contributed by atoms with E-state index in [0.717, 1.165) is 18.4 Å². The second-order valence-corrected chi connectivity index (χ2v) is 6.77. The van der Waals surface area contributed by atoms with Crippen LogP contribution in [-0.4, -0.2) is 47.4 Å². The van der Waals surface area contributed by atoms with Crippen molar-refractivity contribution in [3.8, 4) is 0 Å². The normalized spacial score (nSPS) is 13.4. The van der Waals surface area contributed by atoms with Crippen LogP contribution in [0, 0.1) is 6.92 Å². The standard InChI is InChI=1S/C20H22N4O4/c1-13-11-17(23-28-13)22-18(25)12-24(2)19(26)10-5-14-3-6-15(7-4-14)20(27)21-16-8-9-16/h3-7,10-11,16H,8-9,12H2,1-2H3,(H,21,27)(H,22,23,25)/b10-5+. The minimum atomic E-state index is -0.372. The number of anilines is 1. The molecule has 8 nitrogen and oxygen atoms in total. The highest BCUT2D eigenvalue weighted by atomic mass is 16.5. The zero-order valence-corrected chi connectivity index (χ0v) is 15.8. The smallest absolute Gasteiger partial charge is 0.251 e. The van der Waals surface area contributed by atoms with Crippen molar-refractivity contribution < 1.29 is 18.9 Å². The van der Waals surface area contributed by atoms with Crippen LogP contribution < -0.4 is 10.6 Å². The molecular weight excluding hydrogens is 360 g/mol. The maximum absolute atomic E-state index is 12.2. The predicted octanol–water partition coefficient (Wildman–Crippen LogP) is 1.99. The van der Waals surface area contributed by atoms with Crippen LogP contribution in [0.25, 0.3) is 6.08 Å². The van der Waals surface area contributed by atoms with Gasteiger partial charge in [0.2, 0.25) is 11.8 Å². The Labute approximate surface area is 162 Å². The molecule has 1 aromatic carbocycles. The Kier molecular flexibility index (Phi) is 5.88. The first-order valence-electron chi connectivity index (χ1n) is 8.98. The fourth-order valence-corrected chi connectivity index (χ4v) is 2.44. The van der Waals surface area contributed by atoms with E-state index in [2.05, 4.69) is 15.8 Å². The highest BCUT2D eigenvalue weighted by molar-refractivity contribution is 5.98. The van der Waals surface area contributed by atoms with Crippen molar-refractivity contribution in [2.75, 3.05) is 18.9 Å². The lowest BCUT2D eigenvalue weighted by Crippen LogP contribution is -2.33. The quantitative estimate of drug-likeness (QED) is 0.713. The molecule has 2 aromatic rings. The fraction of sp³-hybridized carbons (Fsp3) is 0.300. The molecule has 1 aliphatic rings. The summed E-state index contributed by atoms with van der Waals surface area (Å²) in [6, 6.07) is 8.88. The molecule has 0 spiro atoms. The van der Waals surface area contributed by atoms with Crippen LogP contribution >= 0.6 is 0 Å². The van der Waals surface area contributed by atoms with Crippen molar-refractivity contribution in [1.82, 2.24) is 15.4 Å². The van der Waals surface area contributed by atoms with Gasteiger partial charge in [-0.25, -0.2) is 0 Å². The lowest BCUT2D eigenvalue weighted by molar-refractivity contribution is -0.129. The fourth-order valence-electron chi connectivity index (χ4n) is 2.44. The van der Waals surface area contributed by atoms with E-state index in [9.17, 15) is 14.4 Å². The summed E-state index contributed by atoms with van der Waals surface area (Å²) in [6.07, 6.45) is 5.10. The van der Waals surface area contributed by atoms with E-state index in [1.165, 1.54) is 18.0 Å². The summed E-state index contributed by atoms with van der Waals surface area (Å²) < 4.78 is 4.87. The SMILES string of the molecule is Cc1cc(NC(=O)CN(C)C(=O)/C=C/c2ccc(C(=O)NC3CC3)cc2)no1. The monoisotopic (exact) mass is 382 g/mol. The average molecular weight is 382 g/mol. The Morgan fingerprint density at radius 2 is 1.96 bits per heavy atom. The van der Waals surface area contributed by atoms with E-state index in [1.54, 1.807) is 43.3 Å². The van der Waals surface area contributed by atoms with Crippen LogP contribution in [0.15, 0.2) is 40.9 Å². The van der Waals surface area contributed by atoms with Crippen LogP contribution in [0.5, 0.6) is 0 Å². The number of carbonyl (C=O) groups excluding carboxylic acids is 3. The van der Waals surface area contributed by atoms with Crippen LogP contribution in [-0.2, 0) is 9.59 Å². The third-order valence-corrected chi connectivity index (χ3v) is 4.16. The zero-order chi connectivity index (χ0) is 20.1. The summed E-state index contributed by atoms with van der Waals surface area (Å²) in [4.78, 5) is 37.4. The van der Waals surface area contributed by atoms with E-state index in [0.29, 0.717) is 23.2 Å². The van der Waals surface area contributed by atoms with Crippen LogP contribution in [0.3, 0.4) is 0 Å². The second kappa shape index (κ2) is 8.51. The summed E-state index contributed by atoms with van der Waals surface area (Å²) in [7, 11) is 1.53. The summed E-state index contributed by atoms with van der Waals surface area (Å²) >= 11 is 0. The lowest BCUT2D eigenvalue weighted by atomic mass is 10.1. The minimum absolute atomic E-state index is 0.0813. The summed E-state index contributed by atoms with van der Waals surface area (Å²) in [5.74, 6) is 0.121. The Hall–Kier alpha value is -3.42. The van der Waals surface area contributed by atoms with Gasteiger partial charge in [0.15, 0.2) is 5.82 Å². The number of likely N-dealkylation sites (N-methyl/N-ethyl adjacent to an activating group) is 1. The predicted molar refractivity (Wildman–Crippen MR) is 103 cm³/mol. The average Bonchev–Trinajstić information content (AvgIpc) is 3.39. The van der Waals surface area contributed by atoms with E-state index in [1.807, 2.05) is 0 Å². The summed E-state index contributed by atoms with van der Waals surface area (Å²) in [5.41, 5.74) is 1.37. The number of carbonyl (C=O) groups is 3. The van der Waals surface area contributed by atoms with Crippen LogP contribution in [0.2, 0.25) is 0 Å². The maximum atomic E-state index is 12.2. The van der Waals surface area contributed by atoms with Gasteiger partial charge in [0.25, 0.3) is 5.91 Å². The Balaban J connectivity index is 1.49. The number of aryl methyl sites for hydroxylation is 1. The Morgan fingerprint density at radius 1 is 1.25 bits per heavy atom. The molecule has 1 fully saturated rings. The van der Waals surface area contributed by atoms with E-state index < -0.39 is 0 Å². The van der Waals surface area contributed by atoms with Gasteiger partial charge in [-0.15, -0.1) is 0 Å². The minimum Gasteiger partial charge on any atom is -0.360 e. The second-order valence-electron chi connectivity index (χ2n) is 6.77. The zero-order valence-electron chi connectivity index (χ0n) is 15.8. The first kappa shape index (κ1) is 19.3. The van der Waals surface area contributed by atoms with Gasteiger partial charge in [-0.05, 0) is 43.5 Å². The Bertz CT molecular complexity index is 897. The molecule has 8 heteroatoms. The van der Waals surface area contributed by atoms with Crippen LogP contribution in [0.4, 0.5) is 5.82 Å². The van der Waals surface area contributed by atoms with Crippen molar-refractivity contribution in [3.63, 3.8) is 0 Å². The number of nitrogens with zero attached hydrogens (tertiary/aromatic N) is 2. The first-order valence-corrected chi connectivity index (χ1v) is 8.98. The van der Waals surface area contributed by atoms with Gasteiger partial charge in [-0.2, -0.15) is 0 Å². The van der Waals surface area contributed by atoms with E-state index in [4.69, 9.17) is 4.52 Å². The van der Waals surface area contributed by atoms with Crippen molar-refractivity contribution in [3.05, 3.63) is 53.3 Å². The third kappa shape index (κ3) is 5.54. The van der Waals surface area contributed by atoms with Gasteiger partial charge in [-0.1, -0.05) is 17.3 Å². The number of hydrogen-bond acceptors (Lipinski definition) is 5. The molecule has 2 N–H and O–H groups in total. The number of benzene rings is 1. The number of aromatic nitrogens is 1. The van der Waals surface area contributed by atoms with Gasteiger partial charge >= 0.3 is 0 Å². The van der Waals surface area contributed by atoms with E-state index in [-0.39, 0.29) is 24.3 Å². The molecule has 0 unspecified atom stereocenters. The number of amides is 3. The number of hydrogen-bond donors (Lipinski definition) is 2. The van der Waals surface area contributed by atoms with Crippen molar-refractivity contribution in [2.45, 2.75) is 25.8 Å². The maximum Gasteiger partial charge on any atom is 0.251 e. The molecule has 146 valence electrons. The van der Waals surface area contributed by atoms with Gasteiger partial charge in [0.1, 0.15) is 5.76 Å². The highest BCUT2D eigenvalue weighted by Gasteiger charge is 2.23. The molecule has 3 amide bonds. The lowest BCUT2D eigenvalue weighted by Gasteiger charge is -2.13. The highest BCUT2D eigenvalue weighted by Crippen LogP contribution is 2.19. The summed E-state index contributed by atoms with van der Waals surface area (Å²) in [6.45, 7) is 1.60. The van der Waals surface area contributed by atoms with Crippen molar-refractivity contribution in [2.24, 2.45) is 0 Å². The van der Waals surface area contributed by atoms with E-state index >= 15 is 0 Å².